The largest absolute Gasteiger partial charge is 0.307 e. The van der Waals surface area contributed by atoms with Crippen molar-refractivity contribution in [1.29, 1.82) is 0 Å². The van der Waals surface area contributed by atoms with Crippen LogP contribution in [0.15, 0.2) is 17.6 Å². The van der Waals surface area contributed by atoms with E-state index >= 15 is 0 Å². The SMILES string of the molecule is Cc1nc(CNCc2cnc3c(c2)c(C)nn3[C@H]2CCS(=O)(=O)C2)cs1. The van der Waals surface area contributed by atoms with Crippen LogP contribution in [0.5, 0.6) is 0 Å². The number of aryl methyl sites for hydroxylation is 2. The minimum absolute atomic E-state index is 0.111. The fourth-order valence-corrected chi connectivity index (χ4v) is 5.66. The molecular formula is C17H21N5O2S2. The van der Waals surface area contributed by atoms with Gasteiger partial charge in [-0.25, -0.2) is 23.1 Å². The molecule has 0 bridgehead atoms. The maximum Gasteiger partial charge on any atom is 0.158 e. The van der Waals surface area contributed by atoms with Gasteiger partial charge in [0, 0.05) is 30.1 Å². The zero-order valence-corrected chi connectivity index (χ0v) is 16.4. The van der Waals surface area contributed by atoms with Gasteiger partial charge >= 0.3 is 0 Å². The summed E-state index contributed by atoms with van der Waals surface area (Å²) in [5, 5.41) is 12.1. The van der Waals surface area contributed by atoms with Crippen LogP contribution in [0.2, 0.25) is 0 Å². The molecular weight excluding hydrogens is 370 g/mol. The molecule has 9 heteroatoms. The van der Waals surface area contributed by atoms with E-state index in [9.17, 15) is 8.42 Å². The lowest BCUT2D eigenvalue weighted by Crippen LogP contribution is -2.14. The molecule has 3 aromatic rings. The summed E-state index contributed by atoms with van der Waals surface area (Å²) >= 11 is 1.65. The Balaban J connectivity index is 1.51. The van der Waals surface area contributed by atoms with Gasteiger partial charge in [-0.2, -0.15) is 5.10 Å². The number of pyridine rings is 1. The van der Waals surface area contributed by atoms with Gasteiger partial charge in [-0.15, -0.1) is 11.3 Å². The molecule has 0 amide bonds. The third kappa shape index (κ3) is 3.51. The second kappa shape index (κ2) is 6.71. The van der Waals surface area contributed by atoms with Crippen molar-refractivity contribution in [2.24, 2.45) is 0 Å². The third-order valence-electron chi connectivity index (χ3n) is 4.64. The molecule has 0 aromatic carbocycles. The van der Waals surface area contributed by atoms with Crippen LogP contribution in [0, 0.1) is 13.8 Å². The van der Waals surface area contributed by atoms with Gasteiger partial charge < -0.3 is 5.32 Å². The lowest BCUT2D eigenvalue weighted by Gasteiger charge is -2.09. The van der Waals surface area contributed by atoms with Gasteiger partial charge in [0.2, 0.25) is 0 Å². The fraction of sp³-hybridized carbons (Fsp3) is 0.471. The number of fused-ring (bicyclic) bond motifs is 1. The first-order valence-electron chi connectivity index (χ1n) is 8.57. The maximum absolute atomic E-state index is 11.8. The summed E-state index contributed by atoms with van der Waals surface area (Å²) in [5.74, 6) is 0.386. The molecule has 1 saturated heterocycles. The van der Waals surface area contributed by atoms with E-state index in [1.807, 2.05) is 20.0 Å². The minimum Gasteiger partial charge on any atom is -0.307 e. The summed E-state index contributed by atoms with van der Waals surface area (Å²) in [6.07, 6.45) is 2.44. The topological polar surface area (TPSA) is 89.8 Å². The maximum atomic E-state index is 11.8. The highest BCUT2D eigenvalue weighted by Gasteiger charge is 2.31. The Kier molecular flexibility index (Phi) is 4.54. The Bertz CT molecular complexity index is 1050. The number of aromatic nitrogens is 4. The lowest BCUT2D eigenvalue weighted by molar-refractivity contribution is 0.509. The summed E-state index contributed by atoms with van der Waals surface area (Å²) in [6.45, 7) is 5.36. The van der Waals surface area contributed by atoms with E-state index in [2.05, 4.69) is 31.8 Å². The van der Waals surface area contributed by atoms with Gasteiger partial charge in [0.1, 0.15) is 0 Å². The number of rotatable bonds is 5. The van der Waals surface area contributed by atoms with Crippen molar-refractivity contribution in [2.45, 2.75) is 39.4 Å². The second-order valence-corrected chi connectivity index (χ2v) is 10.1. The van der Waals surface area contributed by atoms with Crippen LogP contribution >= 0.6 is 11.3 Å². The van der Waals surface area contributed by atoms with Crippen molar-refractivity contribution in [3.05, 3.63) is 39.6 Å². The molecule has 3 aromatic heterocycles. The molecule has 0 saturated carbocycles. The second-order valence-electron chi connectivity index (χ2n) is 6.76. The molecule has 0 aliphatic carbocycles. The van der Waals surface area contributed by atoms with Crippen molar-refractivity contribution in [3.8, 4) is 0 Å². The van der Waals surface area contributed by atoms with Gasteiger partial charge in [0.25, 0.3) is 0 Å². The summed E-state index contributed by atoms with van der Waals surface area (Å²) in [4.78, 5) is 9.02. The number of hydrogen-bond donors (Lipinski definition) is 1. The standard InChI is InChI=1S/C17H21N5O2S2/c1-11-16-5-13(6-18-8-14-9-25-12(2)20-14)7-19-17(16)22(21-11)15-3-4-26(23,24)10-15/h5,7,9,15,18H,3-4,6,8,10H2,1-2H3/t15-/m0/s1. The van der Waals surface area contributed by atoms with Crippen LogP contribution < -0.4 is 5.32 Å². The first-order valence-corrected chi connectivity index (χ1v) is 11.3. The number of hydrogen-bond acceptors (Lipinski definition) is 7. The third-order valence-corrected chi connectivity index (χ3v) is 7.22. The van der Waals surface area contributed by atoms with Crippen LogP contribution in [0.1, 0.15) is 34.4 Å². The summed E-state index contributed by atoms with van der Waals surface area (Å²) < 4.78 is 25.3. The van der Waals surface area contributed by atoms with Crippen LogP contribution in [-0.2, 0) is 22.9 Å². The van der Waals surface area contributed by atoms with Crippen LogP contribution in [0.3, 0.4) is 0 Å². The predicted octanol–water partition coefficient (Wildman–Crippen LogP) is 2.15. The van der Waals surface area contributed by atoms with E-state index in [0.717, 1.165) is 39.5 Å². The Morgan fingerprint density at radius 3 is 2.88 bits per heavy atom. The quantitative estimate of drug-likeness (QED) is 0.717. The van der Waals surface area contributed by atoms with E-state index in [1.54, 1.807) is 16.0 Å². The molecule has 1 aliphatic rings. The van der Waals surface area contributed by atoms with E-state index in [0.29, 0.717) is 13.0 Å². The number of nitrogens with zero attached hydrogens (tertiary/aromatic N) is 4. The van der Waals surface area contributed by atoms with Crippen LogP contribution in [0.25, 0.3) is 11.0 Å². The first-order chi connectivity index (χ1) is 12.4. The van der Waals surface area contributed by atoms with Crippen molar-refractivity contribution >= 4 is 32.2 Å². The lowest BCUT2D eigenvalue weighted by atomic mass is 10.2. The fourth-order valence-electron chi connectivity index (χ4n) is 3.36. The molecule has 1 aliphatic heterocycles. The molecule has 138 valence electrons. The highest BCUT2D eigenvalue weighted by Crippen LogP contribution is 2.28. The molecule has 26 heavy (non-hydrogen) atoms. The Labute approximate surface area is 156 Å². The monoisotopic (exact) mass is 391 g/mol. The van der Waals surface area contributed by atoms with E-state index < -0.39 is 9.84 Å². The molecule has 4 rings (SSSR count). The highest BCUT2D eigenvalue weighted by molar-refractivity contribution is 7.91. The number of nitrogens with one attached hydrogen (secondary N) is 1. The van der Waals surface area contributed by atoms with Crippen LogP contribution in [0.4, 0.5) is 0 Å². The van der Waals surface area contributed by atoms with Crippen molar-refractivity contribution in [2.75, 3.05) is 11.5 Å². The smallest absolute Gasteiger partial charge is 0.158 e. The van der Waals surface area contributed by atoms with Crippen molar-refractivity contribution in [1.82, 2.24) is 25.1 Å². The zero-order chi connectivity index (χ0) is 18.3. The predicted molar refractivity (Wildman–Crippen MR) is 102 cm³/mol. The molecule has 1 fully saturated rings. The highest BCUT2D eigenvalue weighted by atomic mass is 32.2. The van der Waals surface area contributed by atoms with E-state index in [-0.39, 0.29) is 17.5 Å². The average molecular weight is 392 g/mol. The van der Waals surface area contributed by atoms with E-state index in [1.165, 1.54) is 0 Å². The minimum atomic E-state index is -2.95. The molecule has 4 heterocycles. The summed E-state index contributed by atoms with van der Waals surface area (Å²) in [7, 11) is -2.95. The zero-order valence-electron chi connectivity index (χ0n) is 14.8. The number of sulfone groups is 1. The van der Waals surface area contributed by atoms with Gasteiger partial charge in [0.15, 0.2) is 15.5 Å². The molecule has 0 unspecified atom stereocenters. The van der Waals surface area contributed by atoms with Crippen LogP contribution in [-0.4, -0.2) is 39.7 Å². The Morgan fingerprint density at radius 2 is 2.19 bits per heavy atom. The first kappa shape index (κ1) is 17.6. The molecule has 1 N–H and O–H groups in total. The molecule has 7 nitrogen and oxygen atoms in total. The van der Waals surface area contributed by atoms with Gasteiger partial charge in [0.05, 0.1) is 33.9 Å². The van der Waals surface area contributed by atoms with Crippen molar-refractivity contribution < 1.29 is 8.42 Å². The Morgan fingerprint density at radius 1 is 1.35 bits per heavy atom. The van der Waals surface area contributed by atoms with Crippen molar-refractivity contribution in [3.63, 3.8) is 0 Å². The molecule has 0 radical (unpaired) electrons. The van der Waals surface area contributed by atoms with E-state index in [4.69, 9.17) is 0 Å². The average Bonchev–Trinajstić information content (AvgIpc) is 3.26. The van der Waals surface area contributed by atoms with Gasteiger partial charge in [-0.1, -0.05) is 0 Å². The van der Waals surface area contributed by atoms with Gasteiger partial charge in [-0.3, -0.25) is 0 Å². The van der Waals surface area contributed by atoms with Gasteiger partial charge in [-0.05, 0) is 31.9 Å². The molecule has 0 spiro atoms. The summed E-state index contributed by atoms with van der Waals surface area (Å²) in [6, 6.07) is 1.98. The summed E-state index contributed by atoms with van der Waals surface area (Å²) in [5.41, 5.74) is 3.77. The molecule has 1 atom stereocenters. The Hall–Kier alpha value is -1.84. The normalized spacial score (nSPS) is 19.4. The number of thiazole rings is 1.